The van der Waals surface area contributed by atoms with E-state index in [0.717, 1.165) is 0 Å². The first-order chi connectivity index (χ1) is 3.71. The molecule has 0 aliphatic carbocycles. The van der Waals surface area contributed by atoms with E-state index >= 15 is 0 Å². The van der Waals surface area contributed by atoms with Crippen molar-refractivity contribution in [3.63, 3.8) is 0 Å². The van der Waals surface area contributed by atoms with E-state index in [-0.39, 0.29) is 13.8 Å². The summed E-state index contributed by atoms with van der Waals surface area (Å²) in [7, 11) is 0. The maximum absolute atomic E-state index is 11.5. The summed E-state index contributed by atoms with van der Waals surface area (Å²) in [5.74, 6) is 0. The summed E-state index contributed by atoms with van der Waals surface area (Å²) in [6.45, 7) is 0.509. The van der Waals surface area contributed by atoms with Crippen molar-refractivity contribution in [1.29, 1.82) is 0 Å². The van der Waals surface area contributed by atoms with Crippen LogP contribution in [0.3, 0.4) is 0 Å². The largest absolute Gasteiger partial charge is 0.357 e. The van der Waals surface area contributed by atoms with Gasteiger partial charge in [-0.3, -0.25) is 4.74 Å². The molecule has 0 atom stereocenters. The number of rotatable bonds is 2. The minimum atomic E-state index is -3.77. The van der Waals surface area contributed by atoms with Crippen LogP contribution in [0.1, 0.15) is 13.8 Å². The zero-order valence-corrected chi connectivity index (χ0v) is 4.92. The molecule has 0 heterocycles. The second kappa shape index (κ2) is 2.13. The number of alkyl halides is 4. The normalized spacial score (nSPS) is 14.0. The lowest BCUT2D eigenvalue weighted by molar-refractivity contribution is -0.359. The molecule has 0 aromatic heterocycles. The predicted molar refractivity (Wildman–Crippen MR) is 22.3 cm³/mol. The molecule has 0 spiro atoms. The van der Waals surface area contributed by atoms with Crippen LogP contribution in [0.15, 0.2) is 0 Å². The van der Waals surface area contributed by atoms with Crippen molar-refractivity contribution in [2.75, 3.05) is 0 Å². The monoisotopic (exact) mass is 146 g/mol. The topological polar surface area (TPSA) is 9.23 Å². The van der Waals surface area contributed by atoms with Crippen molar-refractivity contribution in [2.24, 2.45) is 0 Å². The van der Waals surface area contributed by atoms with E-state index < -0.39 is 12.2 Å². The molecule has 0 bridgehead atoms. The highest BCUT2D eigenvalue weighted by Gasteiger charge is 2.35. The molecule has 0 aliphatic rings. The first-order valence-electron chi connectivity index (χ1n) is 2.16. The van der Waals surface area contributed by atoms with Gasteiger partial charge in [0, 0.05) is 13.8 Å². The van der Waals surface area contributed by atoms with Gasteiger partial charge in [-0.1, -0.05) is 0 Å². The Bertz CT molecular complexity index is 77.7. The van der Waals surface area contributed by atoms with Crippen molar-refractivity contribution in [2.45, 2.75) is 26.1 Å². The molecule has 0 aliphatic heterocycles. The molecule has 0 saturated heterocycles. The predicted octanol–water partition coefficient (Wildman–Crippen LogP) is 2.23. The van der Waals surface area contributed by atoms with Crippen molar-refractivity contribution in [3.05, 3.63) is 0 Å². The first kappa shape index (κ1) is 8.68. The smallest absolute Gasteiger partial charge is 0.256 e. The lowest BCUT2D eigenvalue weighted by atomic mass is 10.7. The third kappa shape index (κ3) is 7.68. The summed E-state index contributed by atoms with van der Waals surface area (Å²) in [5.41, 5.74) is 0. The minimum absolute atomic E-state index is 0.254. The molecule has 1 nitrogen and oxygen atoms in total. The van der Waals surface area contributed by atoms with Gasteiger partial charge >= 0.3 is 12.2 Å². The molecule has 0 unspecified atom stereocenters. The van der Waals surface area contributed by atoms with Gasteiger partial charge in [-0.05, 0) is 0 Å². The fourth-order valence-corrected chi connectivity index (χ4v) is 0.315. The summed E-state index contributed by atoms with van der Waals surface area (Å²) >= 11 is 0. The summed E-state index contributed by atoms with van der Waals surface area (Å²) in [5, 5.41) is 0. The zero-order chi connectivity index (χ0) is 7.71. The summed E-state index contributed by atoms with van der Waals surface area (Å²) in [6, 6.07) is 0. The standard InChI is InChI=1S/C4H6F4O/c1-3(5,6)9-4(2,7)8/h1-2H3. The van der Waals surface area contributed by atoms with Crippen LogP contribution in [0.2, 0.25) is 0 Å². The van der Waals surface area contributed by atoms with Crippen LogP contribution in [-0.4, -0.2) is 12.2 Å². The Labute approximate surface area is 49.6 Å². The van der Waals surface area contributed by atoms with Crippen LogP contribution in [0.5, 0.6) is 0 Å². The Morgan fingerprint density at radius 2 is 1.11 bits per heavy atom. The van der Waals surface area contributed by atoms with Gasteiger partial charge in [0.25, 0.3) is 0 Å². The van der Waals surface area contributed by atoms with Gasteiger partial charge in [0.2, 0.25) is 0 Å². The Balaban J connectivity index is 3.75. The highest BCUT2D eigenvalue weighted by atomic mass is 19.3. The van der Waals surface area contributed by atoms with Gasteiger partial charge < -0.3 is 0 Å². The molecule has 56 valence electrons. The Hall–Kier alpha value is -0.320. The number of halogens is 4. The van der Waals surface area contributed by atoms with E-state index in [2.05, 4.69) is 4.74 Å². The molecular formula is C4H6F4O. The quantitative estimate of drug-likeness (QED) is 0.543. The summed E-state index contributed by atoms with van der Waals surface area (Å²) in [4.78, 5) is 0. The van der Waals surface area contributed by atoms with E-state index in [1.807, 2.05) is 0 Å². The van der Waals surface area contributed by atoms with Gasteiger partial charge in [-0.2, -0.15) is 17.6 Å². The maximum Gasteiger partial charge on any atom is 0.357 e. The van der Waals surface area contributed by atoms with E-state index in [1.54, 1.807) is 0 Å². The third-order valence-electron chi connectivity index (χ3n) is 0.358. The SMILES string of the molecule is CC(F)(F)OC(C)(F)F. The number of hydrogen-bond donors (Lipinski definition) is 0. The maximum atomic E-state index is 11.5. The lowest BCUT2D eigenvalue weighted by Gasteiger charge is -2.16. The molecule has 9 heavy (non-hydrogen) atoms. The van der Waals surface area contributed by atoms with Crippen LogP contribution in [0.4, 0.5) is 17.6 Å². The average Bonchev–Trinajstić information content (AvgIpc) is 1.14. The number of ether oxygens (including phenoxy) is 1. The van der Waals surface area contributed by atoms with Crippen molar-refractivity contribution in [3.8, 4) is 0 Å². The van der Waals surface area contributed by atoms with Crippen molar-refractivity contribution < 1.29 is 22.3 Å². The fourth-order valence-electron chi connectivity index (χ4n) is 0.315. The van der Waals surface area contributed by atoms with Crippen LogP contribution < -0.4 is 0 Å². The molecule has 0 aromatic carbocycles. The molecular weight excluding hydrogens is 140 g/mol. The Kier molecular flexibility index (Phi) is 2.06. The Morgan fingerprint density at radius 1 is 0.889 bits per heavy atom. The van der Waals surface area contributed by atoms with E-state index in [0.29, 0.717) is 0 Å². The minimum Gasteiger partial charge on any atom is -0.256 e. The van der Waals surface area contributed by atoms with Gasteiger partial charge in [0.05, 0.1) is 0 Å². The summed E-state index contributed by atoms with van der Waals surface area (Å²) < 4.78 is 49.0. The molecule has 0 amide bonds. The number of hydrogen-bond acceptors (Lipinski definition) is 1. The van der Waals surface area contributed by atoms with Gasteiger partial charge in [-0.15, -0.1) is 0 Å². The lowest BCUT2D eigenvalue weighted by Crippen LogP contribution is -2.27. The highest BCUT2D eigenvalue weighted by molar-refractivity contribution is 4.45. The van der Waals surface area contributed by atoms with E-state index in [4.69, 9.17) is 0 Å². The zero-order valence-electron chi connectivity index (χ0n) is 4.92. The molecule has 0 aromatic rings. The highest BCUT2D eigenvalue weighted by Crippen LogP contribution is 2.24. The van der Waals surface area contributed by atoms with Crippen molar-refractivity contribution >= 4 is 0 Å². The van der Waals surface area contributed by atoms with Crippen LogP contribution >= 0.6 is 0 Å². The third-order valence-corrected chi connectivity index (χ3v) is 0.358. The average molecular weight is 146 g/mol. The van der Waals surface area contributed by atoms with Crippen LogP contribution in [-0.2, 0) is 4.74 Å². The second-order valence-electron chi connectivity index (χ2n) is 1.72. The Morgan fingerprint density at radius 3 is 1.11 bits per heavy atom. The fraction of sp³-hybridized carbons (Fsp3) is 1.00. The molecule has 0 fully saturated rings. The summed E-state index contributed by atoms with van der Waals surface area (Å²) in [6.07, 6.45) is -7.53. The first-order valence-corrected chi connectivity index (χ1v) is 2.16. The van der Waals surface area contributed by atoms with Crippen LogP contribution in [0, 0.1) is 0 Å². The molecule has 0 rings (SSSR count). The molecule has 0 N–H and O–H groups in total. The second-order valence-corrected chi connectivity index (χ2v) is 1.72. The van der Waals surface area contributed by atoms with E-state index in [1.165, 1.54) is 0 Å². The molecule has 0 saturated carbocycles. The van der Waals surface area contributed by atoms with Gasteiger partial charge in [-0.25, -0.2) is 0 Å². The van der Waals surface area contributed by atoms with Crippen molar-refractivity contribution in [1.82, 2.24) is 0 Å². The molecule has 5 heteroatoms. The van der Waals surface area contributed by atoms with Gasteiger partial charge in [0.1, 0.15) is 0 Å². The van der Waals surface area contributed by atoms with Crippen LogP contribution in [0.25, 0.3) is 0 Å². The van der Waals surface area contributed by atoms with Gasteiger partial charge in [0.15, 0.2) is 0 Å². The van der Waals surface area contributed by atoms with E-state index in [9.17, 15) is 17.6 Å². The molecule has 0 radical (unpaired) electrons.